The summed E-state index contributed by atoms with van der Waals surface area (Å²) in [7, 11) is 0. The van der Waals surface area contributed by atoms with Crippen molar-refractivity contribution < 1.29 is 9.53 Å². The lowest BCUT2D eigenvalue weighted by Gasteiger charge is -2.62. The Morgan fingerprint density at radius 1 is 1.18 bits per heavy atom. The number of rotatable bonds is 6. The van der Waals surface area contributed by atoms with Gasteiger partial charge in [0.25, 0.3) is 0 Å². The van der Waals surface area contributed by atoms with E-state index < -0.39 is 5.60 Å². The van der Waals surface area contributed by atoms with Crippen LogP contribution in [-0.2, 0) is 9.53 Å². The van der Waals surface area contributed by atoms with Crippen LogP contribution in [0.4, 0.5) is 0 Å². The van der Waals surface area contributed by atoms with Crippen molar-refractivity contribution in [3.05, 3.63) is 37.5 Å². The summed E-state index contributed by atoms with van der Waals surface area (Å²) in [5.74, 6) is 2.12. The zero-order valence-corrected chi connectivity index (χ0v) is 13.8. The van der Waals surface area contributed by atoms with E-state index in [4.69, 9.17) is 4.74 Å². The molecule has 2 nitrogen and oxygen atoms in total. The van der Waals surface area contributed by atoms with Gasteiger partial charge in [-0.2, -0.15) is 0 Å². The number of carbonyl (C=O) groups is 1. The maximum atomic E-state index is 12.3. The van der Waals surface area contributed by atoms with Crippen molar-refractivity contribution in [2.45, 2.75) is 57.5 Å². The molecule has 1 unspecified atom stereocenters. The Balaban J connectivity index is 1.97. The Morgan fingerprint density at radius 2 is 1.68 bits per heavy atom. The third-order valence-corrected chi connectivity index (χ3v) is 6.34. The van der Waals surface area contributed by atoms with E-state index in [1.165, 1.54) is 38.5 Å². The molecule has 0 heterocycles. The Hall–Kier alpha value is -1.31. The summed E-state index contributed by atoms with van der Waals surface area (Å²) in [5.41, 5.74) is -0.0936. The lowest BCUT2D eigenvalue weighted by molar-refractivity contribution is -0.190. The van der Waals surface area contributed by atoms with E-state index in [-0.39, 0.29) is 11.4 Å². The number of hydrogen-bond donors (Lipinski definition) is 0. The third kappa shape index (κ3) is 2.28. The molecule has 120 valence electrons. The van der Waals surface area contributed by atoms with Crippen molar-refractivity contribution in [1.29, 1.82) is 0 Å². The van der Waals surface area contributed by atoms with Crippen LogP contribution in [0, 0.1) is 23.2 Å². The van der Waals surface area contributed by atoms with Gasteiger partial charge in [0.2, 0.25) is 0 Å². The highest BCUT2D eigenvalue weighted by Crippen LogP contribution is 2.65. The van der Waals surface area contributed by atoms with Crippen molar-refractivity contribution in [2.24, 2.45) is 23.2 Å². The number of hydrogen-bond acceptors (Lipinski definition) is 2. The summed E-state index contributed by atoms with van der Waals surface area (Å²) in [6.07, 6.45) is 12.0. The van der Waals surface area contributed by atoms with Gasteiger partial charge in [0, 0.05) is 17.4 Å². The fraction of sp³-hybridized carbons (Fsp3) is 0.650. The highest BCUT2D eigenvalue weighted by molar-refractivity contribution is 5.87. The second kappa shape index (κ2) is 5.40. The Kier molecular flexibility index (Phi) is 3.82. The molecule has 0 radical (unpaired) electrons. The Labute approximate surface area is 134 Å². The molecule has 4 bridgehead atoms. The average molecular weight is 300 g/mol. The van der Waals surface area contributed by atoms with Gasteiger partial charge in [0.15, 0.2) is 0 Å². The van der Waals surface area contributed by atoms with Crippen LogP contribution in [0.1, 0.15) is 51.9 Å². The smallest absolute Gasteiger partial charge is 0.334 e. The van der Waals surface area contributed by atoms with Crippen LogP contribution in [0.5, 0.6) is 0 Å². The minimum Gasteiger partial charge on any atom is -0.451 e. The molecule has 0 aromatic heterocycles. The predicted octanol–water partition coefficient (Wildman–Crippen LogP) is 4.82. The first-order valence-electron chi connectivity index (χ1n) is 8.57. The molecule has 0 amide bonds. The summed E-state index contributed by atoms with van der Waals surface area (Å²) in [6.45, 7) is 13.4. The van der Waals surface area contributed by atoms with E-state index in [0.717, 1.165) is 17.8 Å². The van der Waals surface area contributed by atoms with Gasteiger partial charge in [-0.3, -0.25) is 0 Å². The topological polar surface area (TPSA) is 26.3 Å². The lowest BCUT2D eigenvalue weighted by atomic mass is 9.45. The number of carbonyl (C=O) groups excluding carboxylic acids is 1. The second-order valence-corrected chi connectivity index (χ2v) is 7.95. The second-order valence-electron chi connectivity index (χ2n) is 7.95. The standard InChI is InChI=1S/C20H28O2/c1-5-7-20(6-2,22-18(21)14(3)4)19-11-15-8-16(12-19)10-17(9-15)13-19/h5-6,15-17H,1-3,7-13H2,4H3. The molecule has 1 atom stereocenters. The molecule has 4 aliphatic rings. The van der Waals surface area contributed by atoms with E-state index in [1.807, 2.05) is 12.2 Å². The van der Waals surface area contributed by atoms with Crippen LogP contribution in [0.25, 0.3) is 0 Å². The van der Waals surface area contributed by atoms with E-state index in [2.05, 4.69) is 19.7 Å². The van der Waals surface area contributed by atoms with Crippen molar-refractivity contribution in [3.8, 4) is 0 Å². The quantitative estimate of drug-likeness (QED) is 0.399. The Morgan fingerprint density at radius 3 is 2.05 bits per heavy atom. The number of ether oxygens (including phenoxy) is 1. The molecule has 0 aromatic rings. The van der Waals surface area contributed by atoms with Gasteiger partial charge in [-0.1, -0.05) is 19.2 Å². The minimum absolute atomic E-state index is 0.0583. The maximum absolute atomic E-state index is 12.3. The summed E-state index contributed by atoms with van der Waals surface area (Å²) in [4.78, 5) is 12.3. The first-order valence-corrected chi connectivity index (χ1v) is 8.57. The molecular weight excluding hydrogens is 272 g/mol. The van der Waals surface area contributed by atoms with Gasteiger partial charge >= 0.3 is 5.97 Å². The molecule has 2 heteroatoms. The zero-order chi connectivity index (χ0) is 16.0. The van der Waals surface area contributed by atoms with Gasteiger partial charge in [0.1, 0.15) is 5.60 Å². The first kappa shape index (κ1) is 15.6. The van der Waals surface area contributed by atoms with Gasteiger partial charge in [-0.15, -0.1) is 6.58 Å². The van der Waals surface area contributed by atoms with E-state index in [9.17, 15) is 4.79 Å². The van der Waals surface area contributed by atoms with Crippen LogP contribution in [-0.4, -0.2) is 11.6 Å². The van der Waals surface area contributed by atoms with E-state index in [1.54, 1.807) is 6.92 Å². The molecule has 0 aliphatic heterocycles. The molecular formula is C20H28O2. The molecule has 4 rings (SSSR count). The maximum Gasteiger partial charge on any atom is 0.334 e. The largest absolute Gasteiger partial charge is 0.451 e. The van der Waals surface area contributed by atoms with Crippen LogP contribution in [0.3, 0.4) is 0 Å². The van der Waals surface area contributed by atoms with Crippen LogP contribution >= 0.6 is 0 Å². The molecule has 0 saturated heterocycles. The highest BCUT2D eigenvalue weighted by atomic mass is 16.6. The van der Waals surface area contributed by atoms with Gasteiger partial charge in [0.05, 0.1) is 0 Å². The monoisotopic (exact) mass is 300 g/mol. The van der Waals surface area contributed by atoms with Gasteiger partial charge in [-0.05, 0) is 69.3 Å². The predicted molar refractivity (Wildman–Crippen MR) is 89.3 cm³/mol. The highest BCUT2D eigenvalue weighted by Gasteiger charge is 2.60. The molecule has 0 aromatic carbocycles. The summed E-state index contributed by atoms with van der Waals surface area (Å²) in [6, 6.07) is 0. The van der Waals surface area contributed by atoms with E-state index in [0.29, 0.717) is 12.0 Å². The fourth-order valence-electron chi connectivity index (χ4n) is 5.80. The minimum atomic E-state index is -0.610. The van der Waals surface area contributed by atoms with Crippen molar-refractivity contribution >= 4 is 5.97 Å². The summed E-state index contributed by atoms with van der Waals surface area (Å²) < 4.78 is 6.05. The molecule has 22 heavy (non-hydrogen) atoms. The summed E-state index contributed by atoms with van der Waals surface area (Å²) >= 11 is 0. The molecule has 4 saturated carbocycles. The molecule has 0 spiro atoms. The first-order chi connectivity index (χ1) is 10.4. The molecule has 4 aliphatic carbocycles. The average Bonchev–Trinajstić information content (AvgIpc) is 2.44. The normalized spacial score (nSPS) is 38.1. The van der Waals surface area contributed by atoms with Crippen LogP contribution < -0.4 is 0 Å². The molecule has 4 fully saturated rings. The third-order valence-electron chi connectivity index (χ3n) is 6.34. The lowest BCUT2D eigenvalue weighted by Crippen LogP contribution is -2.59. The molecule has 0 N–H and O–H groups in total. The zero-order valence-electron chi connectivity index (χ0n) is 13.8. The fourth-order valence-corrected chi connectivity index (χ4v) is 5.80. The van der Waals surface area contributed by atoms with Crippen LogP contribution in [0.2, 0.25) is 0 Å². The van der Waals surface area contributed by atoms with Crippen molar-refractivity contribution in [2.75, 3.05) is 0 Å². The SMILES string of the molecule is C=CCC(C=C)(OC(=O)C(=C)C)C12CC3CC(CC(C3)C1)C2. The summed E-state index contributed by atoms with van der Waals surface area (Å²) in [5, 5.41) is 0. The van der Waals surface area contributed by atoms with Crippen molar-refractivity contribution in [3.63, 3.8) is 0 Å². The Bertz CT molecular complexity index is 481. The van der Waals surface area contributed by atoms with Crippen molar-refractivity contribution in [1.82, 2.24) is 0 Å². The van der Waals surface area contributed by atoms with Gasteiger partial charge in [-0.25, -0.2) is 4.79 Å². The number of esters is 1. The van der Waals surface area contributed by atoms with Gasteiger partial charge < -0.3 is 4.74 Å². The van der Waals surface area contributed by atoms with E-state index >= 15 is 0 Å². The van der Waals surface area contributed by atoms with Crippen LogP contribution in [0.15, 0.2) is 37.5 Å².